The van der Waals surface area contributed by atoms with E-state index in [0.717, 1.165) is 44.2 Å². The number of rotatable bonds is 5. The van der Waals surface area contributed by atoms with Crippen LogP contribution in [0.25, 0.3) is 0 Å². The van der Waals surface area contributed by atoms with E-state index >= 15 is 0 Å². The zero-order valence-electron chi connectivity index (χ0n) is 19.3. The third-order valence-corrected chi connectivity index (χ3v) is 6.26. The lowest BCUT2D eigenvalue weighted by Crippen LogP contribution is -2.52. The molecule has 0 amide bonds. The van der Waals surface area contributed by atoms with Crippen molar-refractivity contribution < 1.29 is 9.50 Å². The fourth-order valence-electron chi connectivity index (χ4n) is 4.42. The fraction of sp³-hybridized carbons (Fsp3) is 0.480. The van der Waals surface area contributed by atoms with Gasteiger partial charge in [0.2, 0.25) is 0 Å². The monoisotopic (exact) mass is 567 g/mol. The molecule has 2 N–H and O–H groups in total. The van der Waals surface area contributed by atoms with Crippen molar-refractivity contribution in [2.75, 3.05) is 55.6 Å². The summed E-state index contributed by atoms with van der Waals surface area (Å²) in [6, 6.07) is 15.9. The number of guanidine groups is 1. The highest BCUT2D eigenvalue weighted by atomic mass is 127. The Balaban J connectivity index is 0.00000306. The first kappa shape index (κ1) is 25.6. The van der Waals surface area contributed by atoms with Crippen LogP contribution >= 0.6 is 24.0 Å². The Morgan fingerprint density at radius 2 is 1.70 bits per heavy atom. The van der Waals surface area contributed by atoms with Gasteiger partial charge in [0.25, 0.3) is 0 Å². The average Bonchev–Trinajstić information content (AvgIpc) is 2.83. The number of halogens is 2. The predicted molar refractivity (Wildman–Crippen MR) is 144 cm³/mol. The zero-order valence-corrected chi connectivity index (χ0v) is 21.6. The molecule has 4 rings (SSSR count). The molecule has 8 heteroatoms. The molecule has 0 aromatic heterocycles. The summed E-state index contributed by atoms with van der Waals surface area (Å²) in [4.78, 5) is 11.5. The Hall–Kier alpha value is -2.07. The second kappa shape index (κ2) is 12.4. The molecule has 0 unspecified atom stereocenters. The summed E-state index contributed by atoms with van der Waals surface area (Å²) in [5.41, 5.74) is 2.74. The number of benzene rings is 2. The second-order valence-electron chi connectivity index (χ2n) is 8.48. The van der Waals surface area contributed by atoms with E-state index in [2.05, 4.69) is 46.3 Å². The van der Waals surface area contributed by atoms with E-state index in [9.17, 15) is 9.50 Å². The number of para-hydroxylation sites is 1. The van der Waals surface area contributed by atoms with Gasteiger partial charge in [-0.05, 0) is 49.6 Å². The minimum Gasteiger partial charge on any atom is -0.393 e. The Kier molecular flexibility index (Phi) is 9.61. The van der Waals surface area contributed by atoms with Gasteiger partial charge in [0.05, 0.1) is 18.3 Å². The first-order valence-corrected chi connectivity index (χ1v) is 11.7. The maximum atomic E-state index is 14.8. The molecule has 2 aliphatic rings. The molecule has 0 spiro atoms. The summed E-state index contributed by atoms with van der Waals surface area (Å²) in [7, 11) is 0. The smallest absolute Gasteiger partial charge is 0.194 e. The second-order valence-corrected chi connectivity index (χ2v) is 8.48. The van der Waals surface area contributed by atoms with E-state index in [1.165, 1.54) is 5.69 Å². The summed E-state index contributed by atoms with van der Waals surface area (Å²) in [5, 5.41) is 13.1. The molecule has 0 saturated carbocycles. The van der Waals surface area contributed by atoms with Gasteiger partial charge in [-0.1, -0.05) is 24.3 Å². The lowest BCUT2D eigenvalue weighted by Gasteiger charge is -2.37. The number of piperidine rings is 1. The third kappa shape index (κ3) is 6.72. The summed E-state index contributed by atoms with van der Waals surface area (Å²) < 4.78 is 14.8. The molecule has 2 fully saturated rings. The average molecular weight is 567 g/mol. The molecule has 2 saturated heterocycles. The van der Waals surface area contributed by atoms with Crippen molar-refractivity contribution in [3.05, 3.63) is 59.9 Å². The van der Waals surface area contributed by atoms with E-state index in [4.69, 9.17) is 4.99 Å². The van der Waals surface area contributed by atoms with E-state index in [1.807, 2.05) is 23.1 Å². The first-order valence-electron chi connectivity index (χ1n) is 11.7. The Bertz CT molecular complexity index is 897. The molecule has 2 heterocycles. The van der Waals surface area contributed by atoms with Gasteiger partial charge < -0.3 is 25.1 Å². The molecule has 2 aliphatic heterocycles. The van der Waals surface area contributed by atoms with Gasteiger partial charge in [0.1, 0.15) is 5.82 Å². The van der Waals surface area contributed by atoms with Gasteiger partial charge in [0.15, 0.2) is 5.96 Å². The van der Waals surface area contributed by atoms with Crippen LogP contribution in [0, 0.1) is 5.82 Å². The maximum absolute atomic E-state index is 14.8. The minimum atomic E-state index is -0.262. The van der Waals surface area contributed by atoms with Crippen LogP contribution in [0.4, 0.5) is 15.8 Å². The summed E-state index contributed by atoms with van der Waals surface area (Å²) in [6.07, 6.45) is 1.12. The molecule has 33 heavy (non-hydrogen) atoms. The number of anilines is 2. The number of aliphatic imine (C=N–C) groups is 1. The van der Waals surface area contributed by atoms with Crippen molar-refractivity contribution in [2.45, 2.75) is 32.4 Å². The van der Waals surface area contributed by atoms with Crippen LogP contribution in [0.2, 0.25) is 0 Å². The molecule has 2 aromatic rings. The standard InChI is InChI=1S/C25H34FN5O.HI/c1-2-27-25(31-16-14-29(15-17-31)21-6-4-3-5-7-21)28-19-20-8-9-24(23(26)18-20)30-12-10-22(32)11-13-30;/h3-9,18,22,32H,2,10-17,19H2,1H3,(H,27,28);1H. The fourth-order valence-corrected chi connectivity index (χ4v) is 4.42. The molecular formula is C25H35FIN5O. The van der Waals surface area contributed by atoms with E-state index in [-0.39, 0.29) is 35.9 Å². The van der Waals surface area contributed by atoms with E-state index < -0.39 is 0 Å². The SMILES string of the molecule is CCNC(=NCc1ccc(N2CCC(O)CC2)c(F)c1)N1CCN(c2ccccc2)CC1.I. The van der Waals surface area contributed by atoms with Crippen LogP contribution < -0.4 is 15.1 Å². The molecule has 180 valence electrons. The molecule has 6 nitrogen and oxygen atoms in total. The van der Waals surface area contributed by atoms with Crippen LogP contribution in [0.15, 0.2) is 53.5 Å². The van der Waals surface area contributed by atoms with Gasteiger partial charge in [-0.2, -0.15) is 0 Å². The minimum absolute atomic E-state index is 0. The van der Waals surface area contributed by atoms with E-state index in [1.54, 1.807) is 6.07 Å². The van der Waals surface area contributed by atoms with Crippen molar-refractivity contribution >= 4 is 41.3 Å². The predicted octanol–water partition coefficient (Wildman–Crippen LogP) is 3.69. The molecule has 0 bridgehead atoms. The van der Waals surface area contributed by atoms with Gasteiger partial charge in [-0.15, -0.1) is 24.0 Å². The Labute approximate surface area is 213 Å². The van der Waals surface area contributed by atoms with Crippen molar-refractivity contribution in [1.29, 1.82) is 0 Å². The Morgan fingerprint density at radius 1 is 1.00 bits per heavy atom. The number of piperazine rings is 1. The number of hydrogen-bond donors (Lipinski definition) is 2. The summed E-state index contributed by atoms with van der Waals surface area (Å²) in [6.45, 7) is 8.38. The van der Waals surface area contributed by atoms with Crippen LogP contribution in [-0.4, -0.2) is 67.9 Å². The first-order chi connectivity index (χ1) is 15.6. The van der Waals surface area contributed by atoms with Crippen molar-refractivity contribution in [3.8, 4) is 0 Å². The van der Waals surface area contributed by atoms with Crippen molar-refractivity contribution in [2.24, 2.45) is 4.99 Å². The van der Waals surface area contributed by atoms with Crippen molar-refractivity contribution in [3.63, 3.8) is 0 Å². The number of nitrogens with one attached hydrogen (secondary N) is 1. The quantitative estimate of drug-likeness (QED) is 0.328. The van der Waals surface area contributed by atoms with Crippen molar-refractivity contribution in [1.82, 2.24) is 10.2 Å². The normalized spacial score (nSPS) is 17.7. The van der Waals surface area contributed by atoms with Crippen LogP contribution in [0.1, 0.15) is 25.3 Å². The van der Waals surface area contributed by atoms with Gasteiger partial charge in [-0.25, -0.2) is 9.38 Å². The van der Waals surface area contributed by atoms with Crippen LogP contribution in [-0.2, 0) is 6.54 Å². The highest BCUT2D eigenvalue weighted by Crippen LogP contribution is 2.24. The highest BCUT2D eigenvalue weighted by Gasteiger charge is 2.21. The zero-order chi connectivity index (χ0) is 22.3. The largest absolute Gasteiger partial charge is 0.393 e. The topological polar surface area (TPSA) is 54.3 Å². The van der Waals surface area contributed by atoms with Crippen LogP contribution in [0.5, 0.6) is 0 Å². The molecule has 0 atom stereocenters. The van der Waals surface area contributed by atoms with Gasteiger partial charge >= 0.3 is 0 Å². The summed E-state index contributed by atoms with van der Waals surface area (Å²) in [5.74, 6) is 0.672. The Morgan fingerprint density at radius 3 is 2.33 bits per heavy atom. The lowest BCUT2D eigenvalue weighted by molar-refractivity contribution is 0.145. The summed E-state index contributed by atoms with van der Waals surface area (Å²) >= 11 is 0. The molecular weight excluding hydrogens is 532 g/mol. The number of aliphatic hydroxyl groups is 1. The lowest BCUT2D eigenvalue weighted by atomic mass is 10.1. The third-order valence-electron chi connectivity index (χ3n) is 6.26. The van der Waals surface area contributed by atoms with Crippen LogP contribution in [0.3, 0.4) is 0 Å². The molecule has 0 aliphatic carbocycles. The molecule has 2 aromatic carbocycles. The van der Waals surface area contributed by atoms with Gasteiger partial charge in [-0.3, -0.25) is 0 Å². The maximum Gasteiger partial charge on any atom is 0.194 e. The number of aliphatic hydroxyl groups excluding tert-OH is 1. The highest BCUT2D eigenvalue weighted by molar-refractivity contribution is 14.0. The van der Waals surface area contributed by atoms with E-state index in [0.29, 0.717) is 38.2 Å². The van der Waals surface area contributed by atoms with Gasteiger partial charge in [0, 0.05) is 51.5 Å². The number of nitrogens with zero attached hydrogens (tertiary/aromatic N) is 4. The number of hydrogen-bond acceptors (Lipinski definition) is 4. The molecule has 0 radical (unpaired) electrons.